The molecule has 2 saturated heterocycles. The van der Waals surface area contributed by atoms with Crippen LogP contribution < -0.4 is 5.32 Å². The van der Waals surface area contributed by atoms with E-state index in [-0.39, 0.29) is 18.6 Å². The Morgan fingerprint density at radius 2 is 2.00 bits per heavy atom. The molecule has 2 aliphatic heterocycles. The van der Waals surface area contributed by atoms with Gasteiger partial charge in [-0.15, -0.1) is 0 Å². The van der Waals surface area contributed by atoms with E-state index in [9.17, 15) is 15.0 Å². The number of rotatable bonds is 3. The van der Waals surface area contributed by atoms with Crippen molar-refractivity contribution in [3.63, 3.8) is 0 Å². The molecule has 0 spiro atoms. The maximum atomic E-state index is 12.6. The zero-order valence-corrected chi connectivity index (χ0v) is 13.8. The highest BCUT2D eigenvalue weighted by Gasteiger charge is 2.37. The average molecular weight is 336 g/mol. The molecule has 0 bridgehead atoms. The quantitative estimate of drug-likeness (QED) is 0.651. The Kier molecular flexibility index (Phi) is 5.30. The predicted molar refractivity (Wildman–Crippen MR) is 87.9 cm³/mol. The van der Waals surface area contributed by atoms with Gasteiger partial charge in [0, 0.05) is 33.2 Å². The first kappa shape index (κ1) is 17.1. The Labute approximate surface area is 141 Å². The fraction of sp³-hybridized carbons (Fsp3) is 0.625. The molecule has 0 unspecified atom stereocenters. The summed E-state index contributed by atoms with van der Waals surface area (Å²) in [4.78, 5) is 20.7. The molecule has 3 rings (SSSR count). The number of hydrogen-bond acceptors (Lipinski definition) is 7. The van der Waals surface area contributed by atoms with Gasteiger partial charge >= 0.3 is 0 Å². The number of ether oxygens (including phenoxy) is 1. The van der Waals surface area contributed by atoms with Gasteiger partial charge in [-0.1, -0.05) is 6.07 Å². The van der Waals surface area contributed by atoms with Gasteiger partial charge in [0.2, 0.25) is 0 Å². The van der Waals surface area contributed by atoms with E-state index in [1.807, 2.05) is 6.07 Å². The van der Waals surface area contributed by atoms with Gasteiger partial charge in [-0.25, -0.2) is 4.98 Å². The van der Waals surface area contributed by atoms with Crippen LogP contribution in [0.5, 0.6) is 0 Å². The molecule has 3 atom stereocenters. The Bertz CT molecular complexity index is 577. The van der Waals surface area contributed by atoms with Gasteiger partial charge in [-0.2, -0.15) is 0 Å². The van der Waals surface area contributed by atoms with E-state index in [4.69, 9.17) is 4.74 Å². The maximum Gasteiger partial charge on any atom is 0.272 e. The van der Waals surface area contributed by atoms with Crippen molar-refractivity contribution >= 4 is 11.7 Å². The van der Waals surface area contributed by atoms with Crippen LogP contribution in [0.15, 0.2) is 18.2 Å². The van der Waals surface area contributed by atoms with Crippen molar-refractivity contribution in [1.82, 2.24) is 14.8 Å². The van der Waals surface area contributed by atoms with Crippen molar-refractivity contribution in [2.45, 2.75) is 18.2 Å². The summed E-state index contributed by atoms with van der Waals surface area (Å²) in [5.74, 6) is 0.572. The minimum atomic E-state index is -0.850. The number of nitrogens with one attached hydrogen (secondary N) is 1. The Morgan fingerprint density at radius 3 is 2.71 bits per heavy atom. The van der Waals surface area contributed by atoms with E-state index in [0.717, 1.165) is 0 Å². The van der Waals surface area contributed by atoms with Crippen LogP contribution in [-0.4, -0.2) is 95.6 Å². The van der Waals surface area contributed by atoms with Gasteiger partial charge < -0.3 is 25.2 Å². The molecule has 1 aromatic rings. The summed E-state index contributed by atoms with van der Waals surface area (Å²) in [6.07, 6.45) is -1.66. The standard InChI is InChI=1S/C16H24N4O4/c1-17-14-4-2-3-11(18-14)16(23)20-7-5-19(6-8-20)12-9-24-10-13(21)15(12)22/h2-4,12-13,15,21-22H,5-10H2,1H3,(H,17,18)/t12-,13-,15+/m1/s1. The Hall–Kier alpha value is -1.74. The molecule has 1 amide bonds. The summed E-state index contributed by atoms with van der Waals surface area (Å²) in [6, 6.07) is 5.10. The van der Waals surface area contributed by atoms with Crippen LogP contribution in [0.3, 0.4) is 0 Å². The molecule has 2 fully saturated rings. The number of anilines is 1. The van der Waals surface area contributed by atoms with E-state index < -0.39 is 12.2 Å². The van der Waals surface area contributed by atoms with Crippen LogP contribution in [0.2, 0.25) is 0 Å². The monoisotopic (exact) mass is 336 g/mol. The Balaban J connectivity index is 1.59. The number of carbonyl (C=O) groups is 1. The lowest BCUT2D eigenvalue weighted by Gasteiger charge is -2.43. The number of pyridine rings is 1. The fourth-order valence-electron chi connectivity index (χ4n) is 3.20. The first-order chi connectivity index (χ1) is 11.6. The molecule has 1 aromatic heterocycles. The smallest absolute Gasteiger partial charge is 0.272 e. The lowest BCUT2D eigenvalue weighted by Crippen LogP contribution is -2.60. The van der Waals surface area contributed by atoms with Crippen LogP contribution >= 0.6 is 0 Å². The van der Waals surface area contributed by atoms with E-state index in [2.05, 4.69) is 15.2 Å². The van der Waals surface area contributed by atoms with Crippen LogP contribution in [-0.2, 0) is 4.74 Å². The van der Waals surface area contributed by atoms with Crippen molar-refractivity contribution in [1.29, 1.82) is 0 Å². The molecule has 0 radical (unpaired) electrons. The molecule has 2 aliphatic rings. The topological polar surface area (TPSA) is 98.2 Å². The van der Waals surface area contributed by atoms with E-state index in [1.165, 1.54) is 0 Å². The summed E-state index contributed by atoms with van der Waals surface area (Å²) >= 11 is 0. The number of aliphatic hydroxyl groups excluding tert-OH is 2. The van der Waals surface area contributed by atoms with Gasteiger partial charge in [-0.3, -0.25) is 9.69 Å². The largest absolute Gasteiger partial charge is 0.389 e. The highest BCUT2D eigenvalue weighted by Crippen LogP contribution is 2.18. The number of amides is 1. The van der Waals surface area contributed by atoms with Crippen LogP contribution in [0.4, 0.5) is 5.82 Å². The second-order valence-electron chi connectivity index (χ2n) is 6.15. The first-order valence-electron chi connectivity index (χ1n) is 8.22. The van der Waals surface area contributed by atoms with Crippen molar-refractivity contribution in [3.05, 3.63) is 23.9 Å². The number of piperazine rings is 1. The molecular formula is C16H24N4O4. The zero-order valence-electron chi connectivity index (χ0n) is 13.8. The van der Waals surface area contributed by atoms with Gasteiger partial charge in [-0.05, 0) is 12.1 Å². The summed E-state index contributed by atoms with van der Waals surface area (Å²) in [5.41, 5.74) is 0.423. The SMILES string of the molecule is CNc1cccc(C(=O)N2CCN([C@@H]3COC[C@@H](O)[C@H]3O)CC2)n1. The van der Waals surface area contributed by atoms with E-state index in [0.29, 0.717) is 44.3 Å². The molecule has 3 N–H and O–H groups in total. The highest BCUT2D eigenvalue weighted by molar-refractivity contribution is 5.92. The van der Waals surface area contributed by atoms with Crippen molar-refractivity contribution in [2.75, 3.05) is 51.8 Å². The minimum absolute atomic E-state index is 0.0905. The number of aromatic nitrogens is 1. The molecule has 132 valence electrons. The third kappa shape index (κ3) is 3.51. The van der Waals surface area contributed by atoms with Crippen molar-refractivity contribution < 1.29 is 19.7 Å². The van der Waals surface area contributed by atoms with Crippen LogP contribution in [0, 0.1) is 0 Å². The van der Waals surface area contributed by atoms with E-state index >= 15 is 0 Å². The van der Waals surface area contributed by atoms with Gasteiger partial charge in [0.25, 0.3) is 5.91 Å². The second-order valence-corrected chi connectivity index (χ2v) is 6.15. The normalized spacial score (nSPS) is 28.6. The molecule has 8 heteroatoms. The molecular weight excluding hydrogens is 312 g/mol. The van der Waals surface area contributed by atoms with Gasteiger partial charge in [0.05, 0.1) is 25.4 Å². The summed E-state index contributed by atoms with van der Waals surface area (Å²) in [6.45, 7) is 2.96. The lowest BCUT2D eigenvalue weighted by molar-refractivity contribution is -0.136. The van der Waals surface area contributed by atoms with Crippen molar-refractivity contribution in [3.8, 4) is 0 Å². The van der Waals surface area contributed by atoms with Gasteiger partial charge in [0.15, 0.2) is 0 Å². The fourth-order valence-corrected chi connectivity index (χ4v) is 3.20. The first-order valence-corrected chi connectivity index (χ1v) is 8.22. The summed E-state index contributed by atoms with van der Waals surface area (Å²) < 4.78 is 5.34. The molecule has 24 heavy (non-hydrogen) atoms. The number of hydrogen-bond donors (Lipinski definition) is 3. The van der Waals surface area contributed by atoms with Crippen molar-refractivity contribution in [2.24, 2.45) is 0 Å². The number of carbonyl (C=O) groups excluding carboxylic acids is 1. The summed E-state index contributed by atoms with van der Waals surface area (Å²) in [5, 5.41) is 22.8. The molecule has 0 aromatic carbocycles. The van der Waals surface area contributed by atoms with Crippen LogP contribution in [0.25, 0.3) is 0 Å². The number of aliphatic hydroxyl groups is 2. The molecule has 3 heterocycles. The third-order valence-corrected chi connectivity index (χ3v) is 4.66. The molecule has 8 nitrogen and oxygen atoms in total. The van der Waals surface area contributed by atoms with Crippen LogP contribution in [0.1, 0.15) is 10.5 Å². The number of nitrogens with zero attached hydrogens (tertiary/aromatic N) is 3. The highest BCUT2D eigenvalue weighted by atomic mass is 16.5. The summed E-state index contributed by atoms with van der Waals surface area (Å²) in [7, 11) is 1.77. The van der Waals surface area contributed by atoms with Gasteiger partial charge in [0.1, 0.15) is 17.6 Å². The maximum absolute atomic E-state index is 12.6. The Morgan fingerprint density at radius 1 is 1.25 bits per heavy atom. The second kappa shape index (κ2) is 7.43. The zero-order chi connectivity index (χ0) is 17.1. The lowest BCUT2D eigenvalue weighted by atomic mass is 10.0. The third-order valence-electron chi connectivity index (χ3n) is 4.66. The molecule has 0 saturated carbocycles. The molecule has 0 aliphatic carbocycles. The average Bonchev–Trinajstić information content (AvgIpc) is 2.63. The predicted octanol–water partition coefficient (Wildman–Crippen LogP) is -0.998. The minimum Gasteiger partial charge on any atom is -0.389 e. The van der Waals surface area contributed by atoms with E-state index in [1.54, 1.807) is 24.1 Å².